The van der Waals surface area contributed by atoms with E-state index in [0.717, 1.165) is 11.6 Å². The molecule has 0 aliphatic heterocycles. The molecule has 2 rings (SSSR count). The van der Waals surface area contributed by atoms with Gasteiger partial charge in [-0.05, 0) is 0 Å². The molecule has 0 radical (unpaired) electrons. The number of alkyl halides is 1. The third-order valence-corrected chi connectivity index (χ3v) is 1.87. The van der Waals surface area contributed by atoms with Gasteiger partial charge in [0.1, 0.15) is 12.2 Å². The lowest BCUT2D eigenvalue weighted by atomic mass is 10.4. The van der Waals surface area contributed by atoms with Crippen LogP contribution in [0.4, 0.5) is 0 Å². The molecule has 0 aliphatic carbocycles. The van der Waals surface area contributed by atoms with Crippen LogP contribution < -0.4 is 0 Å². The summed E-state index contributed by atoms with van der Waals surface area (Å²) in [5, 5.41) is 11.2. The molecule has 0 aliphatic rings. The summed E-state index contributed by atoms with van der Waals surface area (Å²) >= 11 is 5.64. The normalized spacial score (nSPS) is 10.5. The highest BCUT2D eigenvalue weighted by atomic mass is 35.5. The second kappa shape index (κ2) is 3.57. The van der Waals surface area contributed by atoms with Crippen LogP contribution in [0.25, 0.3) is 0 Å². The Morgan fingerprint density at radius 1 is 1.54 bits per heavy atom. The number of rotatable bonds is 3. The molecule has 0 saturated carbocycles. The predicted octanol–water partition coefficient (Wildman–Crippen LogP) is 1.05. The topological polar surface area (TPSA) is 56.7 Å². The molecule has 5 nitrogen and oxygen atoms in total. The van der Waals surface area contributed by atoms with E-state index >= 15 is 0 Å². The van der Waals surface area contributed by atoms with E-state index in [1.807, 2.05) is 4.57 Å². The minimum absolute atomic E-state index is 0.341. The van der Waals surface area contributed by atoms with E-state index in [1.54, 1.807) is 18.6 Å². The zero-order valence-electron chi connectivity index (χ0n) is 6.72. The van der Waals surface area contributed by atoms with Gasteiger partial charge in [0.2, 0.25) is 0 Å². The van der Waals surface area contributed by atoms with Crippen LogP contribution in [0.5, 0.6) is 0 Å². The molecule has 68 valence electrons. The van der Waals surface area contributed by atoms with Crippen LogP contribution in [-0.2, 0) is 12.4 Å². The first-order valence-electron chi connectivity index (χ1n) is 3.72. The molecular formula is C7H7ClN4O. The molecule has 0 N–H and O–H groups in total. The number of nitrogens with zero attached hydrogens (tertiary/aromatic N) is 4. The summed E-state index contributed by atoms with van der Waals surface area (Å²) < 4.78 is 6.75. The van der Waals surface area contributed by atoms with Crippen molar-refractivity contribution in [2.24, 2.45) is 0 Å². The van der Waals surface area contributed by atoms with Crippen molar-refractivity contribution in [3.8, 4) is 0 Å². The lowest BCUT2D eigenvalue weighted by molar-refractivity contribution is 0.375. The van der Waals surface area contributed by atoms with Gasteiger partial charge >= 0.3 is 0 Å². The Balaban J connectivity index is 2.18. The van der Waals surface area contributed by atoms with Gasteiger partial charge in [-0.3, -0.25) is 0 Å². The van der Waals surface area contributed by atoms with Gasteiger partial charge in [-0.25, -0.2) is 0 Å². The SMILES string of the molecule is ClCc1nncn1Cc1ccno1. The molecule has 0 amide bonds. The van der Waals surface area contributed by atoms with Gasteiger partial charge in [-0.1, -0.05) is 5.16 Å². The molecule has 0 saturated heterocycles. The first-order valence-corrected chi connectivity index (χ1v) is 4.26. The zero-order chi connectivity index (χ0) is 9.10. The van der Waals surface area contributed by atoms with Crippen LogP contribution in [0.1, 0.15) is 11.6 Å². The van der Waals surface area contributed by atoms with E-state index in [4.69, 9.17) is 16.1 Å². The Morgan fingerprint density at radius 3 is 3.15 bits per heavy atom. The predicted molar refractivity (Wildman–Crippen MR) is 45.2 cm³/mol. The lowest BCUT2D eigenvalue weighted by Gasteiger charge is -1.99. The summed E-state index contributed by atoms with van der Waals surface area (Å²) in [7, 11) is 0. The average Bonchev–Trinajstić information content (AvgIpc) is 2.76. The Labute approximate surface area is 79.3 Å². The van der Waals surface area contributed by atoms with Gasteiger partial charge in [0.25, 0.3) is 0 Å². The number of hydrogen-bond acceptors (Lipinski definition) is 4. The maximum atomic E-state index is 5.64. The molecule has 0 unspecified atom stereocenters. The molecule has 2 aromatic heterocycles. The molecule has 0 bridgehead atoms. The van der Waals surface area contributed by atoms with Crippen LogP contribution in [0, 0.1) is 0 Å². The third-order valence-electron chi connectivity index (χ3n) is 1.63. The first-order chi connectivity index (χ1) is 6.40. The van der Waals surface area contributed by atoms with Crippen molar-refractivity contribution < 1.29 is 4.52 Å². The maximum absolute atomic E-state index is 5.64. The van der Waals surface area contributed by atoms with Crippen molar-refractivity contribution in [1.82, 2.24) is 19.9 Å². The minimum Gasteiger partial charge on any atom is -0.359 e. The van der Waals surface area contributed by atoms with Crippen LogP contribution in [0.2, 0.25) is 0 Å². The summed E-state index contributed by atoms with van der Waals surface area (Å²) in [6, 6.07) is 1.79. The lowest BCUT2D eigenvalue weighted by Crippen LogP contribution is -2.01. The largest absolute Gasteiger partial charge is 0.359 e. The molecule has 0 spiro atoms. The van der Waals surface area contributed by atoms with Crippen LogP contribution in [-0.4, -0.2) is 19.9 Å². The fourth-order valence-corrected chi connectivity index (χ4v) is 1.21. The van der Waals surface area contributed by atoms with Crippen LogP contribution in [0.15, 0.2) is 23.1 Å². The minimum atomic E-state index is 0.341. The molecule has 6 heteroatoms. The fourth-order valence-electron chi connectivity index (χ4n) is 1.01. The fraction of sp³-hybridized carbons (Fsp3) is 0.286. The van der Waals surface area contributed by atoms with Gasteiger partial charge in [0.15, 0.2) is 5.76 Å². The van der Waals surface area contributed by atoms with Crippen molar-refractivity contribution in [2.45, 2.75) is 12.4 Å². The van der Waals surface area contributed by atoms with E-state index in [1.165, 1.54) is 0 Å². The van der Waals surface area contributed by atoms with Gasteiger partial charge in [0.05, 0.1) is 18.6 Å². The Morgan fingerprint density at radius 2 is 2.46 bits per heavy atom. The summed E-state index contributed by atoms with van der Waals surface area (Å²) in [6.45, 7) is 0.565. The molecule has 0 aromatic carbocycles. The summed E-state index contributed by atoms with van der Waals surface area (Å²) in [5.74, 6) is 1.82. The van der Waals surface area contributed by atoms with Gasteiger partial charge in [-0.15, -0.1) is 21.8 Å². The quantitative estimate of drug-likeness (QED) is 0.692. The van der Waals surface area contributed by atoms with E-state index in [2.05, 4.69) is 15.4 Å². The second-order valence-electron chi connectivity index (χ2n) is 2.49. The van der Waals surface area contributed by atoms with Gasteiger partial charge in [0, 0.05) is 6.07 Å². The third kappa shape index (κ3) is 1.70. The highest BCUT2D eigenvalue weighted by molar-refractivity contribution is 6.16. The summed E-state index contributed by atoms with van der Waals surface area (Å²) in [6.07, 6.45) is 3.21. The average molecular weight is 199 g/mol. The van der Waals surface area contributed by atoms with Crippen molar-refractivity contribution in [2.75, 3.05) is 0 Å². The molecule has 2 aromatic rings. The van der Waals surface area contributed by atoms with Crippen molar-refractivity contribution in [3.05, 3.63) is 30.2 Å². The standard InChI is InChI=1S/C7H7ClN4O/c8-3-7-11-9-5-12(7)4-6-1-2-10-13-6/h1-2,5H,3-4H2. The molecular weight excluding hydrogens is 192 g/mol. The van der Waals surface area contributed by atoms with Crippen molar-refractivity contribution in [1.29, 1.82) is 0 Å². The number of halogens is 1. The second-order valence-corrected chi connectivity index (χ2v) is 2.75. The highest BCUT2D eigenvalue weighted by Crippen LogP contribution is 2.04. The molecule has 2 heterocycles. The van der Waals surface area contributed by atoms with Crippen molar-refractivity contribution >= 4 is 11.6 Å². The number of hydrogen-bond donors (Lipinski definition) is 0. The maximum Gasteiger partial charge on any atom is 0.156 e. The Kier molecular flexibility index (Phi) is 2.27. The molecule has 0 fully saturated rings. The Hall–Kier alpha value is -1.36. The van der Waals surface area contributed by atoms with Gasteiger partial charge < -0.3 is 9.09 Å². The Bertz CT molecular complexity index is 370. The van der Waals surface area contributed by atoms with E-state index in [9.17, 15) is 0 Å². The van der Waals surface area contributed by atoms with Gasteiger partial charge in [-0.2, -0.15) is 0 Å². The molecule has 0 atom stereocenters. The molecule has 13 heavy (non-hydrogen) atoms. The van der Waals surface area contributed by atoms with Crippen LogP contribution >= 0.6 is 11.6 Å². The highest BCUT2D eigenvalue weighted by Gasteiger charge is 2.04. The van der Waals surface area contributed by atoms with E-state index < -0.39 is 0 Å². The monoisotopic (exact) mass is 198 g/mol. The smallest absolute Gasteiger partial charge is 0.156 e. The number of aromatic nitrogens is 4. The van der Waals surface area contributed by atoms with E-state index in [-0.39, 0.29) is 0 Å². The van der Waals surface area contributed by atoms with Crippen molar-refractivity contribution in [3.63, 3.8) is 0 Å². The zero-order valence-corrected chi connectivity index (χ0v) is 7.48. The van der Waals surface area contributed by atoms with Crippen LogP contribution in [0.3, 0.4) is 0 Å². The summed E-state index contributed by atoms with van der Waals surface area (Å²) in [4.78, 5) is 0. The first kappa shape index (κ1) is 8.25. The summed E-state index contributed by atoms with van der Waals surface area (Å²) in [5.41, 5.74) is 0. The van der Waals surface area contributed by atoms with E-state index in [0.29, 0.717) is 12.4 Å².